The Hall–Kier alpha value is -5.17. The van der Waals surface area contributed by atoms with E-state index in [2.05, 4.69) is 5.32 Å². The molecule has 0 saturated carbocycles. The summed E-state index contributed by atoms with van der Waals surface area (Å²) in [6.45, 7) is 1.96. The van der Waals surface area contributed by atoms with Gasteiger partial charge in [0.15, 0.2) is 23.1 Å². The number of nitrogens with zero attached hydrogens (tertiary/aromatic N) is 1. The summed E-state index contributed by atoms with van der Waals surface area (Å²) in [4.78, 5) is 46.1. The van der Waals surface area contributed by atoms with Crippen LogP contribution in [0.25, 0.3) is 6.08 Å². The molecule has 0 aliphatic carbocycles. The fraction of sp³-hybridized carbons (Fsp3) is 0.194. The molecule has 1 spiro atoms. The van der Waals surface area contributed by atoms with Gasteiger partial charge in [0, 0.05) is 23.0 Å². The van der Waals surface area contributed by atoms with E-state index in [0.29, 0.717) is 33.9 Å². The largest absolute Gasteiger partial charge is 0.493 e. The molecule has 0 unspecified atom stereocenters. The lowest BCUT2D eigenvalue weighted by Gasteiger charge is -2.38. The molecule has 1 fully saturated rings. The first kappa shape index (κ1) is 26.7. The van der Waals surface area contributed by atoms with Gasteiger partial charge in [-0.1, -0.05) is 72.3 Å². The number of anilines is 1. The zero-order valence-corrected chi connectivity index (χ0v) is 24.0. The molecule has 7 heteroatoms. The van der Waals surface area contributed by atoms with Crippen LogP contribution >= 0.6 is 0 Å². The van der Waals surface area contributed by atoms with E-state index >= 15 is 0 Å². The normalized spacial score (nSPS) is 22.9. The van der Waals surface area contributed by atoms with Crippen LogP contribution < -0.4 is 14.8 Å². The summed E-state index contributed by atoms with van der Waals surface area (Å²) in [7, 11) is 3.05. The van der Waals surface area contributed by atoms with Gasteiger partial charge in [0.25, 0.3) is 0 Å². The smallest absolute Gasteiger partial charge is 0.238 e. The molecule has 7 nitrogen and oxygen atoms in total. The Kier molecular flexibility index (Phi) is 6.20. The molecule has 0 aromatic heterocycles. The monoisotopic (exact) mass is 570 g/mol. The number of carbonyl (C=O) groups is 3. The van der Waals surface area contributed by atoms with E-state index in [1.54, 1.807) is 30.3 Å². The second-order valence-corrected chi connectivity index (χ2v) is 11.2. The van der Waals surface area contributed by atoms with Crippen molar-refractivity contribution in [2.24, 2.45) is 5.92 Å². The SMILES string of the molecule is COc1ccc(C(=O)[C@@H]2[C@H](C(=O)c3ccc(C)cc3)[C@@]3(C(=O)Nc4ccccc43)[C@@H]3c4ccccc4C=CN23)cc1OC. The summed E-state index contributed by atoms with van der Waals surface area (Å²) in [6.07, 6.45) is 3.82. The van der Waals surface area contributed by atoms with Crippen molar-refractivity contribution < 1.29 is 23.9 Å². The van der Waals surface area contributed by atoms with Crippen molar-refractivity contribution in [3.8, 4) is 11.5 Å². The molecule has 3 heterocycles. The minimum absolute atomic E-state index is 0.258. The Bertz CT molecular complexity index is 1830. The van der Waals surface area contributed by atoms with Gasteiger partial charge in [0.1, 0.15) is 11.5 Å². The number of benzene rings is 4. The van der Waals surface area contributed by atoms with Crippen LogP contribution in [-0.4, -0.2) is 42.6 Å². The van der Waals surface area contributed by atoms with Gasteiger partial charge in [-0.05, 0) is 54.0 Å². The third-order valence-electron chi connectivity index (χ3n) is 9.13. The number of aryl methyl sites for hydroxylation is 1. The summed E-state index contributed by atoms with van der Waals surface area (Å²) in [5, 5.41) is 3.08. The first-order valence-electron chi connectivity index (χ1n) is 14.2. The van der Waals surface area contributed by atoms with Gasteiger partial charge in [-0.2, -0.15) is 0 Å². The lowest BCUT2D eigenvalue weighted by molar-refractivity contribution is -0.122. The number of ketones is 2. The van der Waals surface area contributed by atoms with Crippen molar-refractivity contribution in [3.05, 3.63) is 131 Å². The van der Waals surface area contributed by atoms with Gasteiger partial charge >= 0.3 is 0 Å². The molecule has 43 heavy (non-hydrogen) atoms. The molecule has 4 aromatic rings. The highest BCUT2D eigenvalue weighted by Gasteiger charge is 2.70. The van der Waals surface area contributed by atoms with E-state index in [1.165, 1.54) is 14.2 Å². The van der Waals surface area contributed by atoms with Crippen LogP contribution in [0.1, 0.15) is 49.0 Å². The molecule has 0 bridgehead atoms. The number of fused-ring (bicyclic) bond motifs is 6. The highest BCUT2D eigenvalue weighted by Crippen LogP contribution is 2.62. The zero-order chi connectivity index (χ0) is 29.9. The number of hydrogen-bond donors (Lipinski definition) is 1. The van der Waals surface area contributed by atoms with Crippen LogP contribution in [0.4, 0.5) is 5.69 Å². The molecule has 3 aliphatic heterocycles. The number of hydrogen-bond acceptors (Lipinski definition) is 6. The number of ether oxygens (including phenoxy) is 2. The van der Waals surface area contributed by atoms with Crippen LogP contribution in [0.15, 0.2) is 97.2 Å². The maximum atomic E-state index is 14.9. The van der Waals surface area contributed by atoms with Crippen LogP contribution in [0.5, 0.6) is 11.5 Å². The van der Waals surface area contributed by atoms with E-state index in [1.807, 2.05) is 84.8 Å². The first-order valence-corrected chi connectivity index (χ1v) is 14.2. The van der Waals surface area contributed by atoms with Gasteiger partial charge in [-0.15, -0.1) is 0 Å². The first-order chi connectivity index (χ1) is 20.9. The number of methoxy groups -OCH3 is 2. The van der Waals surface area contributed by atoms with Gasteiger partial charge in [0.05, 0.1) is 26.2 Å². The van der Waals surface area contributed by atoms with E-state index < -0.39 is 23.4 Å². The quantitative estimate of drug-likeness (QED) is 0.287. The van der Waals surface area contributed by atoms with Crippen molar-refractivity contribution in [1.29, 1.82) is 0 Å². The molecule has 1 amide bonds. The predicted octanol–water partition coefficient (Wildman–Crippen LogP) is 5.99. The third-order valence-corrected chi connectivity index (χ3v) is 9.13. The maximum Gasteiger partial charge on any atom is 0.238 e. The van der Waals surface area contributed by atoms with Crippen molar-refractivity contribution in [2.45, 2.75) is 24.4 Å². The van der Waals surface area contributed by atoms with E-state index in [4.69, 9.17) is 9.47 Å². The fourth-order valence-corrected chi connectivity index (χ4v) is 7.23. The van der Waals surface area contributed by atoms with Gasteiger partial charge in [0.2, 0.25) is 5.91 Å². The van der Waals surface area contributed by atoms with E-state index in [0.717, 1.165) is 16.7 Å². The molecule has 4 aromatic carbocycles. The minimum Gasteiger partial charge on any atom is -0.493 e. The molecule has 3 aliphatic rings. The Morgan fingerprint density at radius 3 is 2.28 bits per heavy atom. The average Bonchev–Trinajstić information content (AvgIpc) is 3.52. The fourth-order valence-electron chi connectivity index (χ4n) is 7.23. The number of amides is 1. The van der Waals surface area contributed by atoms with Gasteiger partial charge in [-0.25, -0.2) is 0 Å². The lowest BCUT2D eigenvalue weighted by Crippen LogP contribution is -2.49. The number of Topliss-reactive ketones (excluding diaryl/α,β-unsaturated/α-hetero) is 2. The highest BCUT2D eigenvalue weighted by molar-refractivity contribution is 6.16. The van der Waals surface area contributed by atoms with Crippen LogP contribution in [0.2, 0.25) is 0 Å². The van der Waals surface area contributed by atoms with E-state index in [-0.39, 0.29) is 17.5 Å². The number of nitrogens with one attached hydrogen (secondary N) is 1. The maximum absolute atomic E-state index is 14.9. The summed E-state index contributed by atoms with van der Waals surface area (Å²) in [5.74, 6) is -0.979. The molecule has 4 atom stereocenters. The molecule has 1 saturated heterocycles. The summed E-state index contributed by atoms with van der Waals surface area (Å²) >= 11 is 0. The Morgan fingerprint density at radius 2 is 1.51 bits per heavy atom. The number of rotatable bonds is 6. The van der Waals surface area contributed by atoms with Crippen molar-refractivity contribution in [1.82, 2.24) is 4.90 Å². The Labute approximate surface area is 249 Å². The van der Waals surface area contributed by atoms with Crippen LogP contribution in [-0.2, 0) is 10.2 Å². The highest BCUT2D eigenvalue weighted by atomic mass is 16.5. The van der Waals surface area contributed by atoms with Crippen molar-refractivity contribution >= 4 is 29.2 Å². The molecule has 1 N–H and O–H groups in total. The summed E-state index contributed by atoms with van der Waals surface area (Å²) in [5.41, 5.74) is 3.65. The third kappa shape index (κ3) is 3.77. The standard InChI is InChI=1S/C36H30N2O5/c1-21-12-14-23(15-13-21)32(39)30-31(33(40)24-16-17-28(42-2)29(20-24)43-3)38-19-18-22-8-4-5-9-25(22)34(38)36(30)26-10-6-7-11-27(26)37-35(36)41/h4-20,30-31,34H,1-3H3,(H,37,41)/t30-,31+,34+,36-/m1/s1. The number of carbonyl (C=O) groups excluding carboxylic acids is 3. The number of para-hydroxylation sites is 1. The van der Waals surface area contributed by atoms with Crippen molar-refractivity contribution in [2.75, 3.05) is 19.5 Å². The molecule has 7 rings (SSSR count). The average molecular weight is 571 g/mol. The second-order valence-electron chi connectivity index (χ2n) is 11.2. The summed E-state index contributed by atoms with van der Waals surface area (Å²) in [6, 6.07) is 26.1. The second kappa shape index (κ2) is 9.98. The molecule has 0 radical (unpaired) electrons. The van der Waals surface area contributed by atoms with Gasteiger partial charge < -0.3 is 19.7 Å². The van der Waals surface area contributed by atoms with E-state index in [9.17, 15) is 14.4 Å². The van der Waals surface area contributed by atoms with Gasteiger partial charge in [-0.3, -0.25) is 14.4 Å². The molecular weight excluding hydrogens is 540 g/mol. The lowest BCUT2D eigenvalue weighted by atomic mass is 9.62. The van der Waals surface area contributed by atoms with Crippen LogP contribution in [0.3, 0.4) is 0 Å². The molecule has 214 valence electrons. The Balaban J connectivity index is 1.51. The van der Waals surface area contributed by atoms with Crippen LogP contribution in [0, 0.1) is 12.8 Å². The zero-order valence-electron chi connectivity index (χ0n) is 24.0. The molecular formula is C36H30N2O5. The van der Waals surface area contributed by atoms with Crippen molar-refractivity contribution in [3.63, 3.8) is 0 Å². The Morgan fingerprint density at radius 1 is 0.814 bits per heavy atom. The minimum atomic E-state index is -1.38. The summed E-state index contributed by atoms with van der Waals surface area (Å²) < 4.78 is 10.9. The predicted molar refractivity (Wildman–Crippen MR) is 163 cm³/mol. The topological polar surface area (TPSA) is 84.9 Å².